The molecule has 0 N–H and O–H groups in total. The zero-order chi connectivity index (χ0) is 19.5. The molecule has 0 saturated carbocycles. The van der Waals surface area contributed by atoms with Gasteiger partial charge in [0.2, 0.25) is 0 Å². The lowest BCUT2D eigenvalue weighted by Crippen LogP contribution is -2.42. The summed E-state index contributed by atoms with van der Waals surface area (Å²) in [5, 5.41) is 0.978. The topological polar surface area (TPSA) is 59.4 Å². The number of rotatable bonds is 2. The van der Waals surface area contributed by atoms with Crippen molar-refractivity contribution >= 4 is 26.7 Å². The van der Waals surface area contributed by atoms with Gasteiger partial charge >= 0.3 is 0 Å². The maximum Gasteiger partial charge on any atom is 0.268 e. The van der Waals surface area contributed by atoms with Crippen molar-refractivity contribution in [1.29, 1.82) is 0 Å². The first-order chi connectivity index (χ1) is 13.5. The average molecular weight is 394 g/mol. The molecule has 3 heterocycles. The maximum atomic E-state index is 13.7. The summed E-state index contributed by atoms with van der Waals surface area (Å²) >= 11 is 0. The van der Waals surface area contributed by atoms with Gasteiger partial charge < -0.3 is 0 Å². The van der Waals surface area contributed by atoms with Crippen molar-refractivity contribution in [1.82, 2.24) is 8.87 Å². The fraction of sp³-hybridized carbons (Fsp3) is 0.318. The standard InChI is InChI=1S/C22H22N2O3S/c1-15-6-8-17(9-7-15)28(26,27)24-20-5-3-2-4-18(20)19-11-13-23-12-10-16(25)14-21(23)22(19)24/h2-9,21H,10-14H2,1H3/t21-/m1/s1. The molecule has 0 bridgehead atoms. The van der Waals surface area contributed by atoms with Crippen molar-refractivity contribution in [3.63, 3.8) is 0 Å². The molecular formula is C22H22N2O3S. The molecule has 0 amide bonds. The van der Waals surface area contributed by atoms with E-state index < -0.39 is 10.0 Å². The van der Waals surface area contributed by atoms with E-state index in [-0.39, 0.29) is 16.7 Å². The minimum absolute atomic E-state index is 0.169. The number of Topliss-reactive ketones (excluding diaryl/α,β-unsaturated/α-hetero) is 1. The number of carbonyl (C=O) groups excluding carboxylic acids is 1. The molecule has 6 heteroatoms. The number of fused-ring (bicyclic) bond motifs is 5. The summed E-state index contributed by atoms with van der Waals surface area (Å²) < 4.78 is 28.9. The Balaban J connectivity index is 1.81. The van der Waals surface area contributed by atoms with Crippen molar-refractivity contribution in [2.24, 2.45) is 0 Å². The highest BCUT2D eigenvalue weighted by Crippen LogP contribution is 2.42. The van der Waals surface area contributed by atoms with Crippen LogP contribution in [0.1, 0.15) is 35.7 Å². The van der Waals surface area contributed by atoms with Crippen LogP contribution in [0.15, 0.2) is 53.4 Å². The number of aromatic nitrogens is 1. The molecule has 2 aliphatic heterocycles. The molecule has 2 aliphatic rings. The number of benzene rings is 2. The van der Waals surface area contributed by atoms with Gasteiger partial charge in [-0.2, -0.15) is 0 Å². The number of aryl methyl sites for hydroxylation is 1. The fourth-order valence-electron chi connectivity index (χ4n) is 4.63. The Hall–Kier alpha value is -2.44. The predicted octanol–water partition coefficient (Wildman–Crippen LogP) is 3.45. The molecule has 3 aromatic rings. The van der Waals surface area contributed by atoms with Crippen molar-refractivity contribution < 1.29 is 13.2 Å². The minimum Gasteiger partial charge on any atom is -0.300 e. The monoisotopic (exact) mass is 394 g/mol. The zero-order valence-corrected chi connectivity index (χ0v) is 16.6. The average Bonchev–Trinajstić information content (AvgIpc) is 3.04. The highest BCUT2D eigenvalue weighted by Gasteiger charge is 2.39. The quantitative estimate of drug-likeness (QED) is 0.668. The summed E-state index contributed by atoms with van der Waals surface area (Å²) in [7, 11) is -3.77. The number of carbonyl (C=O) groups is 1. The Morgan fingerprint density at radius 2 is 1.68 bits per heavy atom. The molecular weight excluding hydrogens is 372 g/mol. The second-order valence-electron chi connectivity index (χ2n) is 7.76. The van der Waals surface area contributed by atoms with Crippen LogP contribution in [-0.2, 0) is 21.2 Å². The number of hydrogen-bond acceptors (Lipinski definition) is 4. The van der Waals surface area contributed by atoms with E-state index >= 15 is 0 Å². The summed E-state index contributed by atoms with van der Waals surface area (Å²) in [5.74, 6) is 0.207. The third-order valence-corrected chi connectivity index (χ3v) is 7.78. The van der Waals surface area contributed by atoms with Crippen LogP contribution in [0, 0.1) is 6.92 Å². The SMILES string of the molecule is Cc1ccc(S(=O)(=O)n2c3c(c4ccccc42)CCN2CCC(=O)C[C@H]32)cc1. The normalized spacial score (nSPS) is 20.2. The van der Waals surface area contributed by atoms with Crippen LogP contribution < -0.4 is 0 Å². The molecule has 1 fully saturated rings. The molecule has 0 aliphatic carbocycles. The molecule has 1 aromatic heterocycles. The molecule has 28 heavy (non-hydrogen) atoms. The van der Waals surface area contributed by atoms with Crippen molar-refractivity contribution in [2.75, 3.05) is 13.1 Å². The van der Waals surface area contributed by atoms with E-state index in [4.69, 9.17) is 0 Å². The Morgan fingerprint density at radius 1 is 0.964 bits per heavy atom. The first-order valence-electron chi connectivity index (χ1n) is 9.67. The number of piperidine rings is 1. The van der Waals surface area contributed by atoms with Gasteiger partial charge in [-0.05, 0) is 37.1 Å². The van der Waals surface area contributed by atoms with Gasteiger partial charge in [-0.3, -0.25) is 9.69 Å². The Morgan fingerprint density at radius 3 is 2.46 bits per heavy atom. The van der Waals surface area contributed by atoms with Gasteiger partial charge in [-0.25, -0.2) is 12.4 Å². The number of ketones is 1. The Labute approximate surface area is 164 Å². The molecule has 5 rings (SSSR count). The molecule has 0 radical (unpaired) electrons. The second-order valence-corrected chi connectivity index (χ2v) is 9.54. The first-order valence-corrected chi connectivity index (χ1v) is 11.1. The predicted molar refractivity (Wildman–Crippen MR) is 108 cm³/mol. The van der Waals surface area contributed by atoms with Gasteiger partial charge in [0.15, 0.2) is 0 Å². The lowest BCUT2D eigenvalue weighted by molar-refractivity contribution is -0.123. The van der Waals surface area contributed by atoms with E-state index in [1.165, 1.54) is 3.97 Å². The van der Waals surface area contributed by atoms with Crippen molar-refractivity contribution in [3.05, 3.63) is 65.4 Å². The van der Waals surface area contributed by atoms with E-state index in [2.05, 4.69) is 4.90 Å². The number of para-hydroxylation sites is 1. The van der Waals surface area contributed by atoms with E-state index in [0.29, 0.717) is 24.9 Å². The van der Waals surface area contributed by atoms with Crippen LogP contribution in [0.4, 0.5) is 0 Å². The van der Waals surface area contributed by atoms with Gasteiger partial charge in [0, 0.05) is 31.3 Å². The van der Waals surface area contributed by atoms with E-state index in [0.717, 1.165) is 35.2 Å². The molecule has 0 spiro atoms. The van der Waals surface area contributed by atoms with Gasteiger partial charge in [-0.1, -0.05) is 35.9 Å². The lowest BCUT2D eigenvalue weighted by Gasteiger charge is -2.39. The van der Waals surface area contributed by atoms with Crippen LogP contribution in [0.25, 0.3) is 10.9 Å². The van der Waals surface area contributed by atoms with Crippen molar-refractivity contribution in [2.45, 2.75) is 37.1 Å². The minimum atomic E-state index is -3.77. The highest BCUT2D eigenvalue weighted by molar-refractivity contribution is 7.90. The van der Waals surface area contributed by atoms with Crippen LogP contribution in [0.2, 0.25) is 0 Å². The zero-order valence-electron chi connectivity index (χ0n) is 15.8. The van der Waals surface area contributed by atoms with Gasteiger partial charge in [0.1, 0.15) is 5.78 Å². The van der Waals surface area contributed by atoms with Crippen LogP contribution >= 0.6 is 0 Å². The van der Waals surface area contributed by atoms with Gasteiger partial charge in [0.25, 0.3) is 10.0 Å². The van der Waals surface area contributed by atoms with E-state index in [1.807, 2.05) is 43.3 Å². The van der Waals surface area contributed by atoms with Crippen LogP contribution in [0.5, 0.6) is 0 Å². The lowest BCUT2D eigenvalue weighted by atomic mass is 9.90. The third-order valence-electron chi connectivity index (χ3n) is 6.04. The van der Waals surface area contributed by atoms with E-state index in [9.17, 15) is 13.2 Å². The summed E-state index contributed by atoms with van der Waals surface area (Å²) in [6.45, 7) is 3.51. The smallest absolute Gasteiger partial charge is 0.268 e. The van der Waals surface area contributed by atoms with Gasteiger partial charge in [0.05, 0.1) is 22.1 Å². The number of hydrogen-bond donors (Lipinski definition) is 0. The molecule has 1 saturated heterocycles. The number of nitrogens with zero attached hydrogens (tertiary/aromatic N) is 2. The highest BCUT2D eigenvalue weighted by atomic mass is 32.2. The Bertz CT molecular complexity index is 1190. The summed E-state index contributed by atoms with van der Waals surface area (Å²) in [6, 6.07) is 14.5. The fourth-order valence-corrected chi connectivity index (χ4v) is 6.23. The molecule has 144 valence electrons. The first kappa shape index (κ1) is 17.6. The van der Waals surface area contributed by atoms with Crippen LogP contribution in [0.3, 0.4) is 0 Å². The maximum absolute atomic E-state index is 13.7. The second kappa shape index (κ2) is 6.29. The van der Waals surface area contributed by atoms with Crippen molar-refractivity contribution in [3.8, 4) is 0 Å². The largest absolute Gasteiger partial charge is 0.300 e. The summed E-state index contributed by atoms with van der Waals surface area (Å²) in [4.78, 5) is 14.8. The van der Waals surface area contributed by atoms with Gasteiger partial charge in [-0.15, -0.1) is 0 Å². The molecule has 0 unspecified atom stereocenters. The van der Waals surface area contributed by atoms with E-state index in [1.54, 1.807) is 12.1 Å². The summed E-state index contributed by atoms with van der Waals surface area (Å²) in [6.07, 6.45) is 1.74. The Kier molecular flexibility index (Phi) is 3.96. The molecule has 1 atom stereocenters. The molecule has 5 nitrogen and oxygen atoms in total. The third kappa shape index (κ3) is 2.55. The van der Waals surface area contributed by atoms with Crippen LogP contribution in [-0.4, -0.2) is 36.2 Å². The summed E-state index contributed by atoms with van der Waals surface area (Å²) in [5.41, 5.74) is 3.57. The molecule has 2 aromatic carbocycles.